The van der Waals surface area contributed by atoms with Crippen molar-refractivity contribution >= 4 is 33.7 Å². The summed E-state index contributed by atoms with van der Waals surface area (Å²) in [6.45, 7) is 3.54. The van der Waals surface area contributed by atoms with Gasteiger partial charge in [-0.1, -0.05) is 91.0 Å². The molecule has 6 rings (SSSR count). The van der Waals surface area contributed by atoms with Gasteiger partial charge in [0, 0.05) is 16.5 Å². The lowest BCUT2D eigenvalue weighted by molar-refractivity contribution is 0.0374. The largest absolute Gasteiger partial charge is 0.459 e. The highest BCUT2D eigenvalue weighted by Crippen LogP contribution is 2.33. The van der Waals surface area contributed by atoms with E-state index in [1.54, 1.807) is 38.1 Å². The molecule has 0 bridgehead atoms. The summed E-state index contributed by atoms with van der Waals surface area (Å²) >= 11 is 0. The number of rotatable bonds is 6. The van der Waals surface area contributed by atoms with E-state index in [9.17, 15) is 9.59 Å². The molecule has 0 radical (unpaired) electrons. The molecule has 0 amide bonds. The van der Waals surface area contributed by atoms with Crippen LogP contribution in [0.2, 0.25) is 0 Å². The van der Waals surface area contributed by atoms with Gasteiger partial charge in [-0.2, -0.15) is 0 Å². The maximum absolute atomic E-state index is 13.5. The molecule has 1 heterocycles. The van der Waals surface area contributed by atoms with Gasteiger partial charge in [-0.05, 0) is 43.5 Å². The Morgan fingerprint density at radius 3 is 1.90 bits per heavy atom. The zero-order valence-electron chi connectivity index (χ0n) is 22.6. The summed E-state index contributed by atoms with van der Waals surface area (Å²) < 4.78 is 11.3. The van der Waals surface area contributed by atoms with Crippen molar-refractivity contribution in [2.24, 2.45) is 0 Å². The molecule has 0 aliphatic heterocycles. The van der Waals surface area contributed by atoms with Crippen molar-refractivity contribution in [3.05, 3.63) is 126 Å². The monoisotopic (exact) mass is 538 g/mol. The van der Waals surface area contributed by atoms with Gasteiger partial charge in [-0.15, -0.1) is 0 Å². The number of esters is 2. The minimum Gasteiger partial charge on any atom is -0.459 e. The fraction of sp³-hybridized carbons (Fsp3) is 0.0857. The van der Waals surface area contributed by atoms with Crippen LogP contribution in [0.1, 0.15) is 34.6 Å². The average molecular weight is 539 g/mol. The second kappa shape index (κ2) is 11.0. The van der Waals surface area contributed by atoms with E-state index in [1.165, 1.54) is 0 Å². The second-order valence-electron chi connectivity index (χ2n) is 9.86. The van der Waals surface area contributed by atoms with Crippen molar-refractivity contribution in [3.63, 3.8) is 0 Å². The summed E-state index contributed by atoms with van der Waals surface area (Å²) in [5.74, 6) is -1.01. The van der Waals surface area contributed by atoms with Gasteiger partial charge < -0.3 is 9.47 Å². The predicted molar refractivity (Wildman–Crippen MR) is 160 cm³/mol. The van der Waals surface area contributed by atoms with Crippen molar-refractivity contribution < 1.29 is 19.1 Å². The lowest BCUT2D eigenvalue weighted by atomic mass is 10.0. The number of hydrogen-bond donors (Lipinski definition) is 0. The Balaban J connectivity index is 1.43. The molecular formula is C35H26N2O4. The molecule has 0 spiro atoms. The number of carbonyl (C=O) groups excluding carboxylic acids is 2. The highest BCUT2D eigenvalue weighted by Gasteiger charge is 2.22. The Kier molecular flexibility index (Phi) is 6.96. The molecule has 0 saturated heterocycles. The first kappa shape index (κ1) is 25.9. The summed E-state index contributed by atoms with van der Waals surface area (Å²) in [6, 6.07) is 35.7. The highest BCUT2D eigenvalue weighted by atomic mass is 16.6. The fourth-order valence-electron chi connectivity index (χ4n) is 4.72. The van der Waals surface area contributed by atoms with Crippen LogP contribution in [0.3, 0.4) is 0 Å². The van der Waals surface area contributed by atoms with Crippen LogP contribution in [0.25, 0.3) is 44.3 Å². The van der Waals surface area contributed by atoms with Crippen molar-refractivity contribution in [2.75, 3.05) is 0 Å². The average Bonchev–Trinajstić information content (AvgIpc) is 3.00. The minimum absolute atomic E-state index is 0.161. The van der Waals surface area contributed by atoms with Crippen LogP contribution >= 0.6 is 0 Å². The molecule has 0 unspecified atom stereocenters. The maximum atomic E-state index is 13.5. The van der Waals surface area contributed by atoms with Crippen LogP contribution in [0.15, 0.2) is 115 Å². The third-order valence-electron chi connectivity index (χ3n) is 6.63. The Morgan fingerprint density at radius 1 is 0.634 bits per heavy atom. The maximum Gasteiger partial charge on any atom is 0.343 e. The van der Waals surface area contributed by atoms with Crippen LogP contribution < -0.4 is 4.74 Å². The molecule has 200 valence electrons. The standard InChI is InChI=1S/C35H26N2O4/c1-22(2)40-35(39)28-19-17-23-11-9-10-16-27(23)33(28)41-34(38)26-18-20-29-30(21-26)37-32(25-14-7-4-8-15-25)31(36-29)24-12-5-3-6-13-24/h3-22H,1-2H3. The third-order valence-corrected chi connectivity index (χ3v) is 6.63. The number of fused-ring (bicyclic) bond motifs is 2. The van der Waals surface area contributed by atoms with Crippen molar-refractivity contribution in [3.8, 4) is 28.3 Å². The SMILES string of the molecule is CC(C)OC(=O)c1ccc2ccccc2c1OC(=O)c1ccc2nc(-c3ccccc3)c(-c3ccccc3)nc2c1. The first-order valence-electron chi connectivity index (χ1n) is 13.4. The van der Waals surface area contributed by atoms with E-state index in [0.717, 1.165) is 22.2 Å². The quantitative estimate of drug-likeness (QED) is 0.158. The third kappa shape index (κ3) is 5.28. The van der Waals surface area contributed by atoms with Gasteiger partial charge in [0.05, 0.1) is 34.1 Å². The Morgan fingerprint density at radius 2 is 1.24 bits per heavy atom. The lowest BCUT2D eigenvalue weighted by Gasteiger charge is -2.15. The van der Waals surface area contributed by atoms with Gasteiger partial charge in [-0.3, -0.25) is 0 Å². The molecule has 6 aromatic rings. The van der Waals surface area contributed by atoms with Gasteiger partial charge in [0.1, 0.15) is 5.56 Å². The molecule has 0 aliphatic rings. The van der Waals surface area contributed by atoms with E-state index in [-0.39, 0.29) is 23.0 Å². The normalized spacial score (nSPS) is 11.1. The summed E-state index contributed by atoms with van der Waals surface area (Å²) in [4.78, 5) is 36.3. The molecular weight excluding hydrogens is 512 g/mol. The van der Waals surface area contributed by atoms with Crippen molar-refractivity contribution in [1.29, 1.82) is 0 Å². The van der Waals surface area contributed by atoms with Gasteiger partial charge in [0.2, 0.25) is 0 Å². The van der Waals surface area contributed by atoms with E-state index in [1.807, 2.05) is 91.0 Å². The highest BCUT2D eigenvalue weighted by molar-refractivity contribution is 6.04. The molecule has 0 fully saturated rings. The zero-order valence-corrected chi connectivity index (χ0v) is 22.6. The predicted octanol–water partition coefficient (Wildman–Crippen LogP) is 7.90. The number of aromatic nitrogens is 2. The van der Waals surface area contributed by atoms with Crippen molar-refractivity contribution in [2.45, 2.75) is 20.0 Å². The molecule has 5 aromatic carbocycles. The summed E-state index contributed by atoms with van der Waals surface area (Å²) in [5.41, 5.74) is 4.99. The van der Waals surface area contributed by atoms with E-state index in [4.69, 9.17) is 19.4 Å². The number of benzene rings is 5. The molecule has 0 atom stereocenters. The lowest BCUT2D eigenvalue weighted by Crippen LogP contribution is -2.16. The van der Waals surface area contributed by atoms with Crippen LogP contribution in [0, 0.1) is 0 Å². The molecule has 41 heavy (non-hydrogen) atoms. The number of carbonyl (C=O) groups is 2. The smallest absolute Gasteiger partial charge is 0.343 e. The topological polar surface area (TPSA) is 78.4 Å². The Hall–Kier alpha value is -5.36. The van der Waals surface area contributed by atoms with Gasteiger partial charge in [0.25, 0.3) is 0 Å². The van der Waals surface area contributed by atoms with Crippen molar-refractivity contribution in [1.82, 2.24) is 9.97 Å². The summed E-state index contributed by atoms with van der Waals surface area (Å²) in [5, 5.41) is 1.47. The zero-order chi connectivity index (χ0) is 28.3. The van der Waals surface area contributed by atoms with E-state index in [0.29, 0.717) is 22.1 Å². The van der Waals surface area contributed by atoms with Crippen LogP contribution in [0.4, 0.5) is 0 Å². The number of ether oxygens (including phenoxy) is 2. The fourth-order valence-corrected chi connectivity index (χ4v) is 4.72. The molecule has 0 N–H and O–H groups in total. The van der Waals surface area contributed by atoms with Crippen LogP contribution in [0.5, 0.6) is 5.75 Å². The summed E-state index contributed by atoms with van der Waals surface area (Å²) in [6.07, 6.45) is -0.323. The molecule has 6 heteroatoms. The van der Waals surface area contributed by atoms with E-state index < -0.39 is 11.9 Å². The number of hydrogen-bond acceptors (Lipinski definition) is 6. The Bertz CT molecular complexity index is 1900. The molecule has 6 nitrogen and oxygen atoms in total. The van der Waals surface area contributed by atoms with Gasteiger partial charge in [0.15, 0.2) is 5.75 Å². The van der Waals surface area contributed by atoms with E-state index in [2.05, 4.69) is 0 Å². The van der Waals surface area contributed by atoms with Crippen LogP contribution in [-0.2, 0) is 4.74 Å². The van der Waals surface area contributed by atoms with E-state index >= 15 is 0 Å². The first-order valence-corrected chi connectivity index (χ1v) is 13.4. The molecule has 0 aliphatic carbocycles. The second-order valence-corrected chi connectivity index (χ2v) is 9.86. The minimum atomic E-state index is -0.614. The summed E-state index contributed by atoms with van der Waals surface area (Å²) in [7, 11) is 0. The van der Waals surface area contributed by atoms with Gasteiger partial charge >= 0.3 is 11.9 Å². The number of nitrogens with zero attached hydrogens (tertiary/aromatic N) is 2. The molecule has 0 saturated carbocycles. The Labute approximate surface area is 237 Å². The van der Waals surface area contributed by atoms with Gasteiger partial charge in [-0.25, -0.2) is 19.6 Å². The first-order chi connectivity index (χ1) is 20.0. The molecule has 1 aromatic heterocycles. The van der Waals surface area contributed by atoms with Crippen LogP contribution in [-0.4, -0.2) is 28.0 Å².